The van der Waals surface area contributed by atoms with Crippen LogP contribution in [0.15, 0.2) is 65.4 Å². The van der Waals surface area contributed by atoms with Crippen LogP contribution in [0.2, 0.25) is 0 Å². The molecule has 0 unspecified atom stereocenters. The van der Waals surface area contributed by atoms with E-state index in [0.717, 1.165) is 18.0 Å². The van der Waals surface area contributed by atoms with E-state index in [-0.39, 0.29) is 12.4 Å². The number of halogens is 1. The fourth-order valence-corrected chi connectivity index (χ4v) is 3.55. The smallest absolute Gasteiger partial charge is 0.129 e. The first kappa shape index (κ1) is 22.3. The molecule has 2 heterocycles. The summed E-state index contributed by atoms with van der Waals surface area (Å²) in [5, 5.41) is 10.5. The number of benzene rings is 1. The number of aromatic nitrogens is 1. The molecule has 6 heteroatoms. The molecule has 30 heavy (non-hydrogen) atoms. The summed E-state index contributed by atoms with van der Waals surface area (Å²) in [6.07, 6.45) is 2.97. The van der Waals surface area contributed by atoms with Gasteiger partial charge in [0.15, 0.2) is 0 Å². The summed E-state index contributed by atoms with van der Waals surface area (Å²) in [7, 11) is 0. The normalized spacial score (nSPS) is 12.7. The van der Waals surface area contributed by atoms with E-state index in [0.29, 0.717) is 37.7 Å². The number of furan rings is 1. The molecule has 0 aliphatic heterocycles. The Morgan fingerprint density at radius 3 is 2.67 bits per heavy atom. The summed E-state index contributed by atoms with van der Waals surface area (Å²) in [6.45, 7) is 7.41. The van der Waals surface area contributed by atoms with E-state index >= 15 is 0 Å². The Morgan fingerprint density at radius 2 is 1.93 bits per heavy atom. The van der Waals surface area contributed by atoms with E-state index in [2.05, 4.69) is 23.3 Å². The molecular weight excluding hydrogens is 383 g/mol. The van der Waals surface area contributed by atoms with Crippen LogP contribution in [0.5, 0.6) is 0 Å². The van der Waals surface area contributed by atoms with Crippen LogP contribution in [0, 0.1) is 11.7 Å². The third kappa shape index (κ3) is 6.83. The zero-order valence-electron chi connectivity index (χ0n) is 17.7. The van der Waals surface area contributed by atoms with Gasteiger partial charge in [0.2, 0.25) is 0 Å². The standard InChI is InChI=1S/C24H31FN2O3/c1-19(2)13-26(16-22(28)17-29-18-23-9-6-12-30-23)15-21-8-5-11-27(21)14-20-7-3-4-10-24(20)25/h3-12,19,22,28H,13-18H2,1-2H3/t22-/m0/s1. The summed E-state index contributed by atoms with van der Waals surface area (Å²) >= 11 is 0. The lowest BCUT2D eigenvalue weighted by atomic mass is 10.2. The van der Waals surface area contributed by atoms with E-state index in [1.165, 1.54) is 6.07 Å². The number of aliphatic hydroxyl groups is 1. The quantitative estimate of drug-likeness (QED) is 0.480. The van der Waals surface area contributed by atoms with E-state index in [4.69, 9.17) is 9.15 Å². The molecule has 0 saturated carbocycles. The number of nitrogens with zero attached hydrogens (tertiary/aromatic N) is 2. The van der Waals surface area contributed by atoms with E-state index in [1.54, 1.807) is 12.3 Å². The Bertz CT molecular complexity index is 876. The Morgan fingerprint density at radius 1 is 1.10 bits per heavy atom. The lowest BCUT2D eigenvalue weighted by Crippen LogP contribution is -2.37. The average molecular weight is 415 g/mol. The maximum atomic E-state index is 14.1. The van der Waals surface area contributed by atoms with Gasteiger partial charge in [-0.3, -0.25) is 4.90 Å². The van der Waals surface area contributed by atoms with E-state index in [9.17, 15) is 9.50 Å². The minimum atomic E-state index is -0.603. The van der Waals surface area contributed by atoms with Crippen molar-refractivity contribution in [2.75, 3.05) is 19.7 Å². The maximum absolute atomic E-state index is 14.1. The van der Waals surface area contributed by atoms with Crippen molar-refractivity contribution in [1.29, 1.82) is 0 Å². The molecule has 0 bridgehead atoms. The first-order valence-electron chi connectivity index (χ1n) is 10.4. The van der Waals surface area contributed by atoms with Gasteiger partial charge in [0, 0.05) is 37.1 Å². The first-order valence-corrected chi connectivity index (χ1v) is 10.4. The largest absolute Gasteiger partial charge is 0.467 e. The molecule has 0 amide bonds. The van der Waals surface area contributed by atoms with Crippen LogP contribution in [-0.4, -0.2) is 40.4 Å². The van der Waals surface area contributed by atoms with Crippen LogP contribution in [0.4, 0.5) is 4.39 Å². The first-order chi connectivity index (χ1) is 14.5. The highest BCUT2D eigenvalue weighted by atomic mass is 19.1. The molecule has 0 spiro atoms. The zero-order valence-corrected chi connectivity index (χ0v) is 17.7. The molecule has 0 radical (unpaired) electrons. The van der Waals surface area contributed by atoms with Gasteiger partial charge in [-0.25, -0.2) is 4.39 Å². The van der Waals surface area contributed by atoms with Crippen LogP contribution in [0.1, 0.15) is 30.9 Å². The minimum absolute atomic E-state index is 0.194. The van der Waals surface area contributed by atoms with Crippen LogP contribution in [0.3, 0.4) is 0 Å². The lowest BCUT2D eigenvalue weighted by molar-refractivity contribution is 0.00193. The average Bonchev–Trinajstić information content (AvgIpc) is 3.35. The molecule has 1 aromatic carbocycles. The van der Waals surface area contributed by atoms with Crippen LogP contribution in [-0.2, 0) is 24.4 Å². The molecule has 0 aliphatic rings. The van der Waals surface area contributed by atoms with Crippen LogP contribution >= 0.6 is 0 Å². The van der Waals surface area contributed by atoms with Gasteiger partial charge >= 0.3 is 0 Å². The molecule has 162 valence electrons. The molecule has 0 fully saturated rings. The van der Waals surface area contributed by atoms with Gasteiger partial charge in [-0.2, -0.15) is 0 Å². The zero-order chi connectivity index (χ0) is 21.3. The third-order valence-corrected chi connectivity index (χ3v) is 4.83. The lowest BCUT2D eigenvalue weighted by Gasteiger charge is -2.27. The third-order valence-electron chi connectivity index (χ3n) is 4.83. The van der Waals surface area contributed by atoms with Crippen molar-refractivity contribution in [2.24, 2.45) is 5.92 Å². The van der Waals surface area contributed by atoms with Crippen LogP contribution < -0.4 is 0 Å². The topological polar surface area (TPSA) is 50.8 Å². The summed E-state index contributed by atoms with van der Waals surface area (Å²) < 4.78 is 26.9. The molecule has 3 rings (SSSR count). The fraction of sp³-hybridized carbons (Fsp3) is 0.417. The van der Waals surface area contributed by atoms with Crippen molar-refractivity contribution < 1.29 is 18.7 Å². The highest BCUT2D eigenvalue weighted by Gasteiger charge is 2.16. The van der Waals surface area contributed by atoms with Gasteiger partial charge in [0.1, 0.15) is 18.2 Å². The van der Waals surface area contributed by atoms with E-state index in [1.807, 2.05) is 42.6 Å². The summed E-state index contributed by atoms with van der Waals surface area (Å²) in [5.74, 6) is 1.00. The van der Waals surface area contributed by atoms with Crippen LogP contribution in [0.25, 0.3) is 0 Å². The molecule has 1 N–H and O–H groups in total. The maximum Gasteiger partial charge on any atom is 0.129 e. The number of hydrogen-bond donors (Lipinski definition) is 1. The molecule has 0 saturated heterocycles. The number of hydrogen-bond acceptors (Lipinski definition) is 4. The Labute approximate surface area is 177 Å². The number of ether oxygens (including phenoxy) is 1. The monoisotopic (exact) mass is 414 g/mol. The molecule has 0 aliphatic carbocycles. The molecule has 3 aromatic rings. The van der Waals surface area contributed by atoms with Crippen molar-refractivity contribution >= 4 is 0 Å². The van der Waals surface area contributed by atoms with Gasteiger partial charge < -0.3 is 18.8 Å². The molecule has 5 nitrogen and oxygen atoms in total. The summed E-state index contributed by atoms with van der Waals surface area (Å²) in [4.78, 5) is 2.22. The van der Waals surface area contributed by atoms with Gasteiger partial charge in [-0.1, -0.05) is 32.0 Å². The SMILES string of the molecule is CC(C)CN(Cc1cccn1Cc1ccccc1F)C[C@H](O)COCc1ccco1. The van der Waals surface area contributed by atoms with E-state index < -0.39 is 6.10 Å². The Balaban J connectivity index is 1.58. The summed E-state index contributed by atoms with van der Waals surface area (Å²) in [5.41, 5.74) is 1.75. The second-order valence-electron chi connectivity index (χ2n) is 8.06. The highest BCUT2D eigenvalue weighted by molar-refractivity contribution is 5.19. The Kier molecular flexibility index (Phi) is 8.25. The van der Waals surface area contributed by atoms with Gasteiger partial charge in [-0.15, -0.1) is 0 Å². The predicted octanol–water partition coefficient (Wildman–Crippen LogP) is 4.30. The number of aliphatic hydroxyl groups excluding tert-OH is 1. The van der Waals surface area contributed by atoms with Crippen molar-refractivity contribution in [3.05, 3.63) is 83.8 Å². The molecular formula is C24H31FN2O3. The van der Waals surface area contributed by atoms with Crippen molar-refractivity contribution in [3.8, 4) is 0 Å². The highest BCUT2D eigenvalue weighted by Crippen LogP contribution is 2.14. The van der Waals surface area contributed by atoms with Crippen molar-refractivity contribution in [2.45, 2.75) is 39.6 Å². The van der Waals surface area contributed by atoms with Crippen molar-refractivity contribution in [1.82, 2.24) is 9.47 Å². The predicted molar refractivity (Wildman–Crippen MR) is 114 cm³/mol. The fourth-order valence-electron chi connectivity index (χ4n) is 3.55. The molecule has 1 atom stereocenters. The van der Waals surface area contributed by atoms with Gasteiger partial charge in [0.25, 0.3) is 0 Å². The number of rotatable bonds is 12. The second-order valence-corrected chi connectivity index (χ2v) is 8.06. The minimum Gasteiger partial charge on any atom is -0.467 e. The molecule has 2 aromatic heterocycles. The second kappa shape index (κ2) is 11.1. The summed E-state index contributed by atoms with van der Waals surface area (Å²) in [6, 6.07) is 14.5. The Hall–Kier alpha value is -2.41. The van der Waals surface area contributed by atoms with Crippen molar-refractivity contribution in [3.63, 3.8) is 0 Å². The van der Waals surface area contributed by atoms with Gasteiger partial charge in [0.05, 0.1) is 25.5 Å². The van der Waals surface area contributed by atoms with Gasteiger partial charge in [-0.05, 0) is 36.2 Å².